The van der Waals surface area contributed by atoms with Crippen LogP contribution in [0.4, 0.5) is 17.6 Å². The molecule has 0 aromatic carbocycles. The SMILES string of the molecule is FC1(F)[SiH2][SiH2]C1(F)F. The first-order valence-electron chi connectivity index (χ1n) is 2.21. The molecule has 0 nitrogen and oxygen atoms in total. The summed E-state index contributed by atoms with van der Waals surface area (Å²) in [6.07, 6.45) is 0. The summed E-state index contributed by atoms with van der Waals surface area (Å²) in [6.45, 7) is 0. The third-order valence-corrected chi connectivity index (χ3v) is 8.85. The molecule has 48 valence electrons. The molecular formula is C2H4F4Si2. The molecular weight excluding hydrogens is 156 g/mol. The van der Waals surface area contributed by atoms with Crippen LogP contribution in [0.5, 0.6) is 0 Å². The zero-order valence-corrected chi connectivity index (χ0v) is 6.75. The highest BCUT2D eigenvalue weighted by atomic mass is 29.1. The van der Waals surface area contributed by atoms with Crippen molar-refractivity contribution in [3.63, 3.8) is 0 Å². The monoisotopic (exact) mass is 160 g/mol. The molecule has 0 bridgehead atoms. The lowest BCUT2D eigenvalue weighted by atomic mass is 10.7. The number of rotatable bonds is 0. The molecule has 1 saturated heterocycles. The zero-order chi connectivity index (χ0) is 6.41. The van der Waals surface area contributed by atoms with Crippen molar-refractivity contribution >= 4 is 18.1 Å². The molecule has 0 aromatic rings. The molecule has 0 aromatic heterocycles. The Balaban J connectivity index is 2.63. The molecule has 0 saturated carbocycles. The van der Waals surface area contributed by atoms with Crippen molar-refractivity contribution in [2.45, 2.75) is 11.1 Å². The molecule has 8 heavy (non-hydrogen) atoms. The largest absolute Gasteiger partial charge is 0.276 e. The van der Waals surface area contributed by atoms with Crippen LogP contribution in [0, 0.1) is 0 Å². The topological polar surface area (TPSA) is 0 Å². The van der Waals surface area contributed by atoms with Gasteiger partial charge in [0.1, 0.15) is 18.1 Å². The standard InChI is InChI=1S/C2H4F4Si2/c3-1(4)2(5,6)8-7-1/h7-8H2. The molecule has 0 N–H and O–H groups in total. The summed E-state index contributed by atoms with van der Waals surface area (Å²) in [4.78, 5) is 0. The summed E-state index contributed by atoms with van der Waals surface area (Å²) in [5.41, 5.74) is -7.03. The van der Waals surface area contributed by atoms with Crippen molar-refractivity contribution in [2.24, 2.45) is 0 Å². The smallest absolute Gasteiger partial charge is 0.207 e. The first-order chi connectivity index (χ1) is 3.46. The lowest BCUT2D eigenvalue weighted by Crippen LogP contribution is -2.65. The Morgan fingerprint density at radius 1 is 0.750 bits per heavy atom. The molecule has 0 radical (unpaired) electrons. The van der Waals surface area contributed by atoms with Crippen LogP contribution in [0.3, 0.4) is 0 Å². The van der Waals surface area contributed by atoms with Crippen LogP contribution >= 0.6 is 0 Å². The van der Waals surface area contributed by atoms with Gasteiger partial charge in [-0.05, 0) is 0 Å². The number of halogens is 4. The lowest BCUT2D eigenvalue weighted by molar-refractivity contribution is -0.112. The fourth-order valence-electron chi connectivity index (χ4n) is 0.503. The summed E-state index contributed by atoms with van der Waals surface area (Å²) < 4.78 is 46.6. The van der Waals surface area contributed by atoms with Crippen molar-refractivity contribution in [2.75, 3.05) is 0 Å². The molecule has 1 aliphatic rings. The second-order valence-electron chi connectivity index (χ2n) is 1.91. The molecule has 0 unspecified atom stereocenters. The fourth-order valence-corrected chi connectivity index (χ4v) is 4.53. The van der Waals surface area contributed by atoms with E-state index >= 15 is 0 Å². The average molecular weight is 160 g/mol. The predicted molar refractivity (Wildman–Crippen MR) is 27.0 cm³/mol. The maximum Gasteiger partial charge on any atom is 0.276 e. The average Bonchev–Trinajstić information content (AvgIpc) is 1.64. The van der Waals surface area contributed by atoms with Crippen LogP contribution in [-0.2, 0) is 0 Å². The highest BCUT2D eigenvalue weighted by molar-refractivity contribution is 7.09. The lowest BCUT2D eigenvalue weighted by Gasteiger charge is -2.34. The van der Waals surface area contributed by atoms with Crippen LogP contribution < -0.4 is 0 Å². The molecule has 6 heteroatoms. The van der Waals surface area contributed by atoms with E-state index in [2.05, 4.69) is 0 Å². The Hall–Kier alpha value is 0.154. The Morgan fingerprint density at radius 2 is 1.00 bits per heavy atom. The van der Waals surface area contributed by atoms with Crippen LogP contribution in [0.15, 0.2) is 0 Å². The molecule has 0 spiro atoms. The Labute approximate surface area is 47.7 Å². The van der Waals surface area contributed by atoms with Gasteiger partial charge in [-0.25, -0.2) is 17.6 Å². The van der Waals surface area contributed by atoms with E-state index in [4.69, 9.17) is 0 Å². The van der Waals surface area contributed by atoms with Crippen LogP contribution in [0.25, 0.3) is 0 Å². The highest BCUT2D eigenvalue weighted by Crippen LogP contribution is 2.39. The van der Waals surface area contributed by atoms with Gasteiger partial charge < -0.3 is 0 Å². The van der Waals surface area contributed by atoms with Crippen molar-refractivity contribution in [3.05, 3.63) is 0 Å². The maximum atomic E-state index is 11.7. The van der Waals surface area contributed by atoms with Gasteiger partial charge in [0.25, 0.3) is 11.1 Å². The molecule has 1 fully saturated rings. The van der Waals surface area contributed by atoms with Gasteiger partial charge in [0.15, 0.2) is 0 Å². The van der Waals surface area contributed by atoms with E-state index < -0.39 is 29.2 Å². The molecule has 1 heterocycles. The second kappa shape index (κ2) is 1.35. The van der Waals surface area contributed by atoms with E-state index in [1.54, 1.807) is 0 Å². The number of alkyl halides is 4. The van der Waals surface area contributed by atoms with Crippen molar-refractivity contribution in [1.29, 1.82) is 0 Å². The fraction of sp³-hybridized carbons (Fsp3) is 1.00. The Kier molecular flexibility index (Phi) is 1.06. The van der Waals surface area contributed by atoms with Crippen molar-refractivity contribution in [1.82, 2.24) is 0 Å². The highest BCUT2D eigenvalue weighted by Gasteiger charge is 2.64. The van der Waals surface area contributed by atoms with E-state index in [-0.39, 0.29) is 0 Å². The summed E-state index contributed by atoms with van der Waals surface area (Å²) in [7, 11) is -3.23. The van der Waals surface area contributed by atoms with Crippen LogP contribution in [-0.4, -0.2) is 29.2 Å². The van der Waals surface area contributed by atoms with Gasteiger partial charge in [0.2, 0.25) is 0 Å². The molecule has 0 aliphatic carbocycles. The summed E-state index contributed by atoms with van der Waals surface area (Å²) in [5, 5.41) is 0. The van der Waals surface area contributed by atoms with E-state index in [9.17, 15) is 17.6 Å². The van der Waals surface area contributed by atoms with E-state index in [0.717, 1.165) is 0 Å². The van der Waals surface area contributed by atoms with Gasteiger partial charge >= 0.3 is 0 Å². The van der Waals surface area contributed by atoms with Crippen molar-refractivity contribution < 1.29 is 17.6 Å². The van der Waals surface area contributed by atoms with E-state index in [1.165, 1.54) is 0 Å². The molecule has 1 aliphatic heterocycles. The number of hydrogen-bond donors (Lipinski definition) is 0. The number of hydrogen-bond acceptors (Lipinski definition) is 0. The third-order valence-electron chi connectivity index (χ3n) is 1.29. The van der Waals surface area contributed by atoms with Gasteiger partial charge in [-0.15, -0.1) is 0 Å². The Bertz CT molecular complexity index is 96.6. The quantitative estimate of drug-likeness (QED) is 0.329. The first-order valence-corrected chi connectivity index (χ1v) is 7.63. The maximum absolute atomic E-state index is 11.7. The second-order valence-corrected chi connectivity index (χ2v) is 7.69. The van der Waals surface area contributed by atoms with Crippen molar-refractivity contribution in [3.8, 4) is 0 Å². The summed E-state index contributed by atoms with van der Waals surface area (Å²) >= 11 is 0. The van der Waals surface area contributed by atoms with E-state index in [0.29, 0.717) is 0 Å². The molecule has 1 rings (SSSR count). The Morgan fingerprint density at radius 3 is 1.00 bits per heavy atom. The molecule has 0 atom stereocenters. The summed E-state index contributed by atoms with van der Waals surface area (Å²) in [6, 6.07) is 0. The van der Waals surface area contributed by atoms with Gasteiger partial charge in [-0.1, -0.05) is 0 Å². The minimum absolute atomic E-state index is 1.62. The normalized spacial score (nSPS) is 37.5. The van der Waals surface area contributed by atoms with Crippen LogP contribution in [0.2, 0.25) is 0 Å². The zero-order valence-electron chi connectivity index (χ0n) is 3.93. The van der Waals surface area contributed by atoms with Gasteiger partial charge in [-0.3, -0.25) is 0 Å². The minimum atomic E-state index is -3.51. The van der Waals surface area contributed by atoms with Gasteiger partial charge in [-0.2, -0.15) is 0 Å². The van der Waals surface area contributed by atoms with E-state index in [1.807, 2.05) is 0 Å². The predicted octanol–water partition coefficient (Wildman–Crippen LogP) is -0.562. The van der Waals surface area contributed by atoms with Gasteiger partial charge in [0, 0.05) is 0 Å². The minimum Gasteiger partial charge on any atom is -0.207 e. The van der Waals surface area contributed by atoms with Crippen LogP contribution in [0.1, 0.15) is 0 Å². The third kappa shape index (κ3) is 0.626. The first kappa shape index (κ1) is 6.28. The summed E-state index contributed by atoms with van der Waals surface area (Å²) in [5.74, 6) is 0. The molecule has 0 amide bonds. The van der Waals surface area contributed by atoms with Gasteiger partial charge in [0.05, 0.1) is 0 Å².